The van der Waals surface area contributed by atoms with E-state index in [1.165, 1.54) is 24.3 Å². The number of benzene rings is 2. The van der Waals surface area contributed by atoms with Crippen molar-refractivity contribution in [2.24, 2.45) is 0 Å². The molecule has 2 N–H and O–H groups in total. The van der Waals surface area contributed by atoms with Gasteiger partial charge in [0, 0.05) is 11.3 Å². The van der Waals surface area contributed by atoms with Crippen LogP contribution >= 0.6 is 0 Å². The Balaban J connectivity index is 1.94. The number of imide groups is 1. The number of hydrogen-bond donors (Lipinski definition) is 2. The highest BCUT2D eigenvalue weighted by molar-refractivity contribution is 6.08. The summed E-state index contributed by atoms with van der Waals surface area (Å²) in [4.78, 5) is 23.7. The topological polar surface area (TPSA) is 67.4 Å². The quantitative estimate of drug-likeness (QED) is 0.905. The number of amides is 3. The minimum atomic E-state index is -2.91. The van der Waals surface area contributed by atoms with E-state index in [4.69, 9.17) is 0 Å². The number of rotatable bonds is 4. The monoisotopic (exact) mass is 320 g/mol. The highest BCUT2D eigenvalue weighted by atomic mass is 19.3. The highest BCUT2D eigenvalue weighted by Crippen LogP contribution is 2.17. The molecule has 0 fully saturated rings. The van der Waals surface area contributed by atoms with Gasteiger partial charge in [0.15, 0.2) is 0 Å². The molecule has 0 bridgehead atoms. The van der Waals surface area contributed by atoms with Crippen LogP contribution < -0.4 is 15.4 Å². The zero-order valence-electron chi connectivity index (χ0n) is 12.2. The van der Waals surface area contributed by atoms with Gasteiger partial charge in [-0.2, -0.15) is 8.78 Å². The van der Waals surface area contributed by atoms with Crippen LogP contribution in [0.3, 0.4) is 0 Å². The molecule has 2 aromatic rings. The van der Waals surface area contributed by atoms with E-state index in [1.807, 2.05) is 0 Å². The third-order valence-corrected chi connectivity index (χ3v) is 2.95. The van der Waals surface area contributed by atoms with Gasteiger partial charge in [-0.15, -0.1) is 0 Å². The molecule has 0 saturated heterocycles. The van der Waals surface area contributed by atoms with Crippen LogP contribution in [0.1, 0.15) is 15.9 Å². The molecule has 0 atom stereocenters. The van der Waals surface area contributed by atoms with Gasteiger partial charge in [0.1, 0.15) is 5.75 Å². The summed E-state index contributed by atoms with van der Waals surface area (Å²) < 4.78 is 28.3. The van der Waals surface area contributed by atoms with Crippen LogP contribution in [-0.4, -0.2) is 18.5 Å². The van der Waals surface area contributed by atoms with Crippen LogP contribution in [0.4, 0.5) is 19.3 Å². The first-order valence-corrected chi connectivity index (χ1v) is 6.68. The number of nitrogens with one attached hydrogen (secondary N) is 2. The average Bonchev–Trinajstić information content (AvgIpc) is 2.49. The van der Waals surface area contributed by atoms with Crippen molar-refractivity contribution in [3.63, 3.8) is 0 Å². The van der Waals surface area contributed by atoms with Crippen molar-refractivity contribution in [3.8, 4) is 5.75 Å². The average molecular weight is 320 g/mol. The highest BCUT2D eigenvalue weighted by Gasteiger charge is 2.12. The zero-order valence-corrected chi connectivity index (χ0v) is 12.2. The maximum Gasteiger partial charge on any atom is 0.387 e. The number of hydrogen-bond acceptors (Lipinski definition) is 3. The van der Waals surface area contributed by atoms with Gasteiger partial charge in [0.25, 0.3) is 5.91 Å². The fraction of sp³-hybridized carbons (Fsp3) is 0.125. The third kappa shape index (κ3) is 4.77. The first kappa shape index (κ1) is 16.4. The minimum Gasteiger partial charge on any atom is -0.435 e. The van der Waals surface area contributed by atoms with Crippen molar-refractivity contribution in [3.05, 3.63) is 59.7 Å². The Bertz CT molecular complexity index is 703. The summed E-state index contributed by atoms with van der Waals surface area (Å²) in [7, 11) is 0. The zero-order chi connectivity index (χ0) is 16.8. The number of carbonyl (C=O) groups excluding carboxylic acids is 2. The number of carbonyl (C=O) groups is 2. The van der Waals surface area contributed by atoms with Gasteiger partial charge >= 0.3 is 12.6 Å². The number of aryl methyl sites for hydroxylation is 1. The maximum atomic E-state index is 12.0. The standard InChI is InChI=1S/C16H14F2N2O3/c1-10-4-2-3-5-13(10)14(21)20-16(22)19-11-6-8-12(9-7-11)23-15(17)18/h2-9,15H,1H3,(H2,19,20,21,22). The van der Waals surface area contributed by atoms with Gasteiger partial charge in [-0.1, -0.05) is 18.2 Å². The summed E-state index contributed by atoms with van der Waals surface area (Å²) in [5.41, 5.74) is 1.47. The first-order valence-electron chi connectivity index (χ1n) is 6.68. The van der Waals surface area contributed by atoms with E-state index < -0.39 is 18.5 Å². The fourth-order valence-electron chi connectivity index (χ4n) is 1.88. The molecule has 7 heteroatoms. The molecule has 0 aliphatic rings. The minimum absolute atomic E-state index is 0.0260. The number of halogens is 2. The molecular weight excluding hydrogens is 306 g/mol. The van der Waals surface area contributed by atoms with Crippen LogP contribution in [0.5, 0.6) is 5.75 Å². The first-order chi connectivity index (χ1) is 11.0. The second-order valence-corrected chi connectivity index (χ2v) is 4.63. The fourth-order valence-corrected chi connectivity index (χ4v) is 1.88. The molecule has 2 aromatic carbocycles. The molecule has 120 valence electrons. The number of anilines is 1. The van der Waals surface area contributed by atoms with Crippen molar-refractivity contribution < 1.29 is 23.1 Å². The molecule has 23 heavy (non-hydrogen) atoms. The van der Waals surface area contributed by atoms with Crippen LogP contribution in [0.25, 0.3) is 0 Å². The molecular formula is C16H14F2N2O3. The molecule has 0 aromatic heterocycles. The van der Waals surface area contributed by atoms with Gasteiger partial charge in [-0.05, 0) is 42.8 Å². The lowest BCUT2D eigenvalue weighted by molar-refractivity contribution is -0.0498. The molecule has 3 amide bonds. The predicted octanol–water partition coefficient (Wildman–Crippen LogP) is 3.56. The SMILES string of the molecule is Cc1ccccc1C(=O)NC(=O)Nc1ccc(OC(F)F)cc1. The molecule has 0 aliphatic carbocycles. The van der Waals surface area contributed by atoms with E-state index >= 15 is 0 Å². The van der Waals surface area contributed by atoms with Crippen molar-refractivity contribution in [1.29, 1.82) is 0 Å². The smallest absolute Gasteiger partial charge is 0.387 e. The number of urea groups is 1. The van der Waals surface area contributed by atoms with Crippen LogP contribution in [0.15, 0.2) is 48.5 Å². The summed E-state index contributed by atoms with van der Waals surface area (Å²) >= 11 is 0. The Morgan fingerprint density at radius 1 is 1.04 bits per heavy atom. The molecule has 0 saturated carbocycles. The third-order valence-electron chi connectivity index (χ3n) is 2.95. The van der Waals surface area contributed by atoms with E-state index in [9.17, 15) is 18.4 Å². The second kappa shape index (κ2) is 7.35. The Morgan fingerprint density at radius 2 is 1.70 bits per heavy atom. The van der Waals surface area contributed by atoms with Gasteiger partial charge in [-0.3, -0.25) is 10.1 Å². The second-order valence-electron chi connectivity index (χ2n) is 4.63. The normalized spacial score (nSPS) is 10.3. The number of ether oxygens (including phenoxy) is 1. The van der Waals surface area contributed by atoms with Crippen LogP contribution in [0.2, 0.25) is 0 Å². The molecule has 5 nitrogen and oxygen atoms in total. The summed E-state index contributed by atoms with van der Waals surface area (Å²) in [6, 6.07) is 11.5. The Morgan fingerprint density at radius 3 is 2.30 bits per heavy atom. The van der Waals surface area contributed by atoms with Gasteiger partial charge in [0.2, 0.25) is 0 Å². The van der Waals surface area contributed by atoms with Crippen LogP contribution in [-0.2, 0) is 0 Å². The lowest BCUT2D eigenvalue weighted by atomic mass is 10.1. The van der Waals surface area contributed by atoms with Crippen molar-refractivity contribution >= 4 is 17.6 Å². The maximum absolute atomic E-state index is 12.0. The molecule has 0 aliphatic heterocycles. The van der Waals surface area contributed by atoms with E-state index in [1.54, 1.807) is 31.2 Å². The van der Waals surface area contributed by atoms with E-state index in [2.05, 4.69) is 15.4 Å². The van der Waals surface area contributed by atoms with Crippen molar-refractivity contribution in [1.82, 2.24) is 5.32 Å². The van der Waals surface area contributed by atoms with Crippen molar-refractivity contribution in [2.45, 2.75) is 13.5 Å². The lowest BCUT2D eigenvalue weighted by Crippen LogP contribution is -2.34. The summed E-state index contributed by atoms with van der Waals surface area (Å²) in [5, 5.41) is 4.62. The Labute approximate surface area is 131 Å². The van der Waals surface area contributed by atoms with Gasteiger partial charge < -0.3 is 10.1 Å². The van der Waals surface area contributed by atoms with E-state index in [-0.39, 0.29) is 5.75 Å². The molecule has 0 spiro atoms. The van der Waals surface area contributed by atoms with Crippen molar-refractivity contribution in [2.75, 3.05) is 5.32 Å². The summed E-state index contributed by atoms with van der Waals surface area (Å²) in [6.45, 7) is -1.15. The molecule has 2 rings (SSSR count). The van der Waals surface area contributed by atoms with E-state index in [0.29, 0.717) is 11.3 Å². The van der Waals surface area contributed by atoms with Gasteiger partial charge in [-0.25, -0.2) is 4.79 Å². The summed E-state index contributed by atoms with van der Waals surface area (Å²) in [6.07, 6.45) is 0. The Kier molecular flexibility index (Phi) is 5.24. The Hall–Kier alpha value is -2.96. The van der Waals surface area contributed by atoms with Gasteiger partial charge in [0.05, 0.1) is 0 Å². The molecule has 0 unspecified atom stereocenters. The lowest BCUT2D eigenvalue weighted by Gasteiger charge is -2.09. The predicted molar refractivity (Wildman–Crippen MR) is 80.7 cm³/mol. The van der Waals surface area contributed by atoms with E-state index in [0.717, 1.165) is 5.56 Å². The van der Waals surface area contributed by atoms with Crippen LogP contribution in [0, 0.1) is 6.92 Å². The largest absolute Gasteiger partial charge is 0.435 e. The summed E-state index contributed by atoms with van der Waals surface area (Å²) in [5.74, 6) is -0.555. The molecule has 0 heterocycles. The number of alkyl halides is 2. The molecule has 0 radical (unpaired) electrons.